The first kappa shape index (κ1) is 18.0. The zero-order valence-electron chi connectivity index (χ0n) is 9.20. The second-order valence-electron chi connectivity index (χ2n) is 4.98. The molecule has 2 unspecified atom stereocenters. The predicted molar refractivity (Wildman–Crippen MR) is 88.7 cm³/mol. The molecule has 112 valence electrons. The van der Waals surface area contributed by atoms with Gasteiger partial charge in [-0.05, 0) is 0 Å². The van der Waals surface area contributed by atoms with E-state index >= 15 is 0 Å². The molecule has 2 saturated carbocycles. The molecule has 2 fully saturated rings. The Labute approximate surface area is 157 Å². The molecule has 9 heteroatoms. The summed E-state index contributed by atoms with van der Waals surface area (Å²) in [4.78, 5) is -0.889. The van der Waals surface area contributed by atoms with Gasteiger partial charge in [0, 0.05) is 28.5 Å². The molecular formula is C10H9Cl9. The maximum absolute atomic E-state index is 6.47. The summed E-state index contributed by atoms with van der Waals surface area (Å²) in [5, 5.41) is -1.82. The van der Waals surface area contributed by atoms with Gasteiger partial charge in [0.2, 0.25) is 0 Å². The minimum Gasteiger partial charge on any atom is -0.126 e. The second-order valence-corrected chi connectivity index (χ2v) is 9.44. The summed E-state index contributed by atoms with van der Waals surface area (Å²) in [5.41, 5.74) is -2.00. The lowest BCUT2D eigenvalue weighted by Gasteiger charge is -2.48. The predicted octanol–water partition coefficient (Wildman–Crippen LogP) is 5.88. The lowest BCUT2D eigenvalue weighted by atomic mass is 9.69. The summed E-state index contributed by atoms with van der Waals surface area (Å²) in [6.07, 6.45) is 0. The monoisotopic (exact) mass is 444 g/mol. The van der Waals surface area contributed by atoms with Gasteiger partial charge in [0.05, 0.1) is 16.1 Å². The van der Waals surface area contributed by atoms with E-state index in [1.54, 1.807) is 0 Å². The highest BCUT2D eigenvalue weighted by Gasteiger charge is 2.85. The minimum absolute atomic E-state index is 0.0137. The van der Waals surface area contributed by atoms with E-state index in [-0.39, 0.29) is 11.8 Å². The van der Waals surface area contributed by atoms with Crippen molar-refractivity contribution in [2.24, 2.45) is 16.7 Å². The van der Waals surface area contributed by atoms with Crippen LogP contribution in [0.1, 0.15) is 0 Å². The standard InChI is InChI=1S/C10H9Cl9/c11-1-8(7(16)17)3-4(13)6(15)9(8,2-12)10(18,19)5(3)14/h3-7H,1-2H2/t3-,4-,5-,6+,8?,9?/m0/s1. The summed E-state index contributed by atoms with van der Waals surface area (Å²) in [5.74, 6) is -0.344. The van der Waals surface area contributed by atoms with Crippen molar-refractivity contribution in [1.29, 1.82) is 0 Å². The molecule has 0 heterocycles. The van der Waals surface area contributed by atoms with Crippen LogP contribution in [0.5, 0.6) is 0 Å². The highest BCUT2D eigenvalue weighted by Crippen LogP contribution is 2.78. The van der Waals surface area contributed by atoms with Gasteiger partial charge >= 0.3 is 0 Å². The van der Waals surface area contributed by atoms with Gasteiger partial charge in [0.15, 0.2) is 0 Å². The maximum atomic E-state index is 6.47. The Hall–Kier alpha value is 2.61. The van der Waals surface area contributed by atoms with Crippen molar-refractivity contribution >= 4 is 104 Å². The van der Waals surface area contributed by atoms with E-state index in [1.165, 1.54) is 0 Å². The zero-order valence-corrected chi connectivity index (χ0v) is 16.0. The number of fused-ring (bicyclic) bond motifs is 2. The molecule has 2 bridgehead atoms. The Morgan fingerprint density at radius 3 is 1.74 bits per heavy atom. The molecular weight excluding hydrogens is 439 g/mol. The van der Waals surface area contributed by atoms with Gasteiger partial charge in [0.25, 0.3) is 0 Å². The van der Waals surface area contributed by atoms with Gasteiger partial charge in [-0.15, -0.1) is 81.2 Å². The SMILES string of the molecule is ClCC1(C(Cl)Cl)[C@H]2[C@H](Cl)[C@@H](Cl)C1(CCl)C(Cl)(Cl)[C@H]2Cl. The fourth-order valence-electron chi connectivity index (χ4n) is 3.57. The van der Waals surface area contributed by atoms with E-state index in [0.717, 1.165) is 0 Å². The lowest BCUT2D eigenvalue weighted by molar-refractivity contribution is 0.149. The Morgan fingerprint density at radius 2 is 1.42 bits per heavy atom. The van der Waals surface area contributed by atoms with E-state index in [9.17, 15) is 0 Å². The van der Waals surface area contributed by atoms with Crippen molar-refractivity contribution in [3.05, 3.63) is 0 Å². The average molecular weight is 448 g/mol. The van der Waals surface area contributed by atoms with Crippen molar-refractivity contribution in [2.45, 2.75) is 25.3 Å². The van der Waals surface area contributed by atoms with Crippen LogP contribution in [0.25, 0.3) is 0 Å². The summed E-state index contributed by atoms with van der Waals surface area (Å²) in [7, 11) is 0. The van der Waals surface area contributed by atoms with Gasteiger partial charge in [-0.2, -0.15) is 0 Å². The second kappa shape index (κ2) is 5.60. The topological polar surface area (TPSA) is 0 Å². The first-order valence-corrected chi connectivity index (χ1v) is 9.37. The van der Waals surface area contributed by atoms with E-state index in [4.69, 9.17) is 104 Å². The van der Waals surface area contributed by atoms with Crippen molar-refractivity contribution in [3.8, 4) is 0 Å². The van der Waals surface area contributed by atoms with Gasteiger partial charge < -0.3 is 0 Å². The Morgan fingerprint density at radius 1 is 0.895 bits per heavy atom. The molecule has 0 saturated heterocycles. The van der Waals surface area contributed by atoms with Crippen LogP contribution in [-0.2, 0) is 0 Å². The number of alkyl halides is 9. The molecule has 6 atom stereocenters. The quantitative estimate of drug-likeness (QED) is 0.473. The highest BCUT2D eigenvalue weighted by atomic mass is 35.5. The third kappa shape index (κ3) is 1.82. The van der Waals surface area contributed by atoms with Crippen LogP contribution < -0.4 is 0 Å². The van der Waals surface area contributed by atoms with Gasteiger partial charge in [0.1, 0.15) is 9.17 Å². The minimum atomic E-state index is -1.41. The molecule has 2 aliphatic rings. The third-order valence-electron chi connectivity index (χ3n) is 4.60. The molecule has 19 heavy (non-hydrogen) atoms. The summed E-state index contributed by atoms with van der Waals surface area (Å²) in [6.45, 7) is 0. The lowest BCUT2D eigenvalue weighted by Crippen LogP contribution is -2.57. The van der Waals surface area contributed by atoms with Crippen LogP contribution in [0.3, 0.4) is 0 Å². The summed E-state index contributed by atoms with van der Waals surface area (Å²) < 4.78 is -1.41. The fourth-order valence-corrected chi connectivity index (χ4v) is 8.93. The van der Waals surface area contributed by atoms with Crippen LogP contribution in [0, 0.1) is 16.7 Å². The Balaban J connectivity index is 2.75. The molecule has 0 aromatic rings. The van der Waals surface area contributed by atoms with E-state index in [1.807, 2.05) is 0 Å². The number of hydrogen-bond acceptors (Lipinski definition) is 0. The van der Waals surface area contributed by atoms with Crippen LogP contribution in [0.4, 0.5) is 0 Å². The Kier molecular flexibility index (Phi) is 5.30. The van der Waals surface area contributed by atoms with Crippen molar-refractivity contribution in [1.82, 2.24) is 0 Å². The molecule has 2 aliphatic carbocycles. The fraction of sp³-hybridized carbons (Fsp3) is 1.00. The molecule has 0 aromatic heterocycles. The van der Waals surface area contributed by atoms with Gasteiger partial charge in [-0.3, -0.25) is 0 Å². The average Bonchev–Trinajstić information content (AvgIpc) is 2.64. The largest absolute Gasteiger partial charge is 0.143 e. The summed E-state index contributed by atoms with van der Waals surface area (Å²) >= 11 is 56.9. The molecule has 0 nitrogen and oxygen atoms in total. The Bertz CT molecular complexity index is 372. The number of hydrogen-bond donors (Lipinski definition) is 0. The molecule has 0 aliphatic heterocycles. The van der Waals surface area contributed by atoms with Crippen LogP contribution in [-0.4, -0.2) is 37.1 Å². The molecule has 2 rings (SSSR count). The van der Waals surface area contributed by atoms with E-state index < -0.39 is 42.0 Å². The van der Waals surface area contributed by atoms with Crippen molar-refractivity contribution in [3.63, 3.8) is 0 Å². The molecule has 0 N–H and O–H groups in total. The third-order valence-corrected chi connectivity index (χ3v) is 9.50. The number of halogens is 9. The molecule has 0 aromatic carbocycles. The normalized spacial score (nSPS) is 52.1. The zero-order chi connectivity index (χ0) is 14.8. The van der Waals surface area contributed by atoms with Crippen molar-refractivity contribution < 1.29 is 0 Å². The first-order valence-electron chi connectivity index (χ1n) is 5.37. The van der Waals surface area contributed by atoms with E-state index in [0.29, 0.717) is 0 Å². The molecule has 0 amide bonds. The highest BCUT2D eigenvalue weighted by molar-refractivity contribution is 6.56. The molecule has 0 radical (unpaired) electrons. The van der Waals surface area contributed by atoms with Crippen LogP contribution >= 0.6 is 104 Å². The van der Waals surface area contributed by atoms with Gasteiger partial charge in [-0.25, -0.2) is 0 Å². The van der Waals surface area contributed by atoms with E-state index in [2.05, 4.69) is 0 Å². The first-order chi connectivity index (χ1) is 8.66. The smallest absolute Gasteiger partial charge is 0.126 e. The van der Waals surface area contributed by atoms with Gasteiger partial charge in [-0.1, -0.05) is 23.2 Å². The van der Waals surface area contributed by atoms with Crippen LogP contribution in [0.2, 0.25) is 0 Å². The summed E-state index contributed by atoms with van der Waals surface area (Å²) in [6, 6.07) is 0. The van der Waals surface area contributed by atoms with Crippen molar-refractivity contribution in [2.75, 3.05) is 11.8 Å². The molecule has 0 spiro atoms. The maximum Gasteiger partial charge on any atom is 0.143 e. The number of rotatable bonds is 3. The van der Waals surface area contributed by atoms with Crippen LogP contribution in [0.15, 0.2) is 0 Å².